The summed E-state index contributed by atoms with van der Waals surface area (Å²) in [5, 5.41) is 1.48. The van der Waals surface area contributed by atoms with Crippen LogP contribution in [0.1, 0.15) is 16.7 Å². The molecule has 142 valence electrons. The monoisotopic (exact) mass is 430 g/mol. The van der Waals surface area contributed by atoms with Gasteiger partial charge in [-0.25, -0.2) is 9.38 Å². The Hall–Kier alpha value is -2.27. The Labute approximate surface area is 177 Å². The summed E-state index contributed by atoms with van der Waals surface area (Å²) in [6, 6.07) is 19.8. The van der Waals surface area contributed by atoms with E-state index in [0.717, 1.165) is 16.8 Å². The van der Waals surface area contributed by atoms with E-state index < -0.39 is 0 Å². The van der Waals surface area contributed by atoms with Gasteiger partial charge in [0.15, 0.2) is 5.17 Å². The molecule has 0 saturated heterocycles. The standard InChI is InChI=1S/C22H17Cl2FN2S/c23-17-3-1-4-18(13-17)27-22(26)28-14-16-9-7-15(8-10-16)11-12-19-20(24)5-2-6-21(19)25/h1-13H,14H2,(H2,26,27). The number of nitrogens with two attached hydrogens (primary N) is 1. The molecule has 2 nitrogen and oxygen atoms in total. The molecule has 0 aromatic heterocycles. The second kappa shape index (κ2) is 9.78. The van der Waals surface area contributed by atoms with Crippen molar-refractivity contribution in [3.05, 3.63) is 99.3 Å². The average molecular weight is 431 g/mol. The zero-order valence-electron chi connectivity index (χ0n) is 14.8. The molecule has 2 N–H and O–H groups in total. The third-order valence-electron chi connectivity index (χ3n) is 3.86. The van der Waals surface area contributed by atoms with Crippen molar-refractivity contribution in [3.63, 3.8) is 0 Å². The van der Waals surface area contributed by atoms with Gasteiger partial charge in [0, 0.05) is 16.3 Å². The van der Waals surface area contributed by atoms with Crippen LogP contribution in [0.4, 0.5) is 10.1 Å². The van der Waals surface area contributed by atoms with Crippen LogP contribution in [0, 0.1) is 5.82 Å². The number of hydrogen-bond acceptors (Lipinski definition) is 2. The molecule has 3 aromatic carbocycles. The van der Waals surface area contributed by atoms with Crippen LogP contribution in [0.25, 0.3) is 12.2 Å². The summed E-state index contributed by atoms with van der Waals surface area (Å²) in [7, 11) is 0. The SMILES string of the molecule is NC(=Nc1cccc(Cl)c1)SCc1ccc(C=Cc2c(F)cccc2Cl)cc1. The third kappa shape index (κ3) is 5.86. The normalized spacial score (nSPS) is 11.9. The fourth-order valence-corrected chi connectivity index (χ4v) is 3.52. The predicted molar refractivity (Wildman–Crippen MR) is 121 cm³/mol. The molecule has 0 radical (unpaired) electrons. The lowest BCUT2D eigenvalue weighted by Crippen LogP contribution is -2.06. The van der Waals surface area contributed by atoms with Crippen molar-refractivity contribution in [2.75, 3.05) is 0 Å². The maximum absolute atomic E-state index is 13.8. The van der Waals surface area contributed by atoms with Crippen LogP contribution < -0.4 is 5.73 Å². The lowest BCUT2D eigenvalue weighted by atomic mass is 10.1. The first kappa shape index (κ1) is 20.5. The van der Waals surface area contributed by atoms with E-state index in [9.17, 15) is 4.39 Å². The van der Waals surface area contributed by atoms with Gasteiger partial charge in [0.2, 0.25) is 0 Å². The Morgan fingerprint density at radius 3 is 2.46 bits per heavy atom. The molecule has 0 aliphatic carbocycles. The van der Waals surface area contributed by atoms with Crippen LogP contribution in [0.2, 0.25) is 10.0 Å². The van der Waals surface area contributed by atoms with Gasteiger partial charge < -0.3 is 5.73 Å². The molecule has 0 atom stereocenters. The fraction of sp³-hybridized carbons (Fsp3) is 0.0455. The summed E-state index contributed by atoms with van der Waals surface area (Å²) in [6.07, 6.45) is 3.51. The number of hydrogen-bond donors (Lipinski definition) is 1. The van der Waals surface area contributed by atoms with Gasteiger partial charge in [0.05, 0.1) is 10.7 Å². The van der Waals surface area contributed by atoms with Crippen LogP contribution in [-0.4, -0.2) is 5.17 Å². The van der Waals surface area contributed by atoms with Gasteiger partial charge >= 0.3 is 0 Å². The molecule has 3 aromatic rings. The van der Waals surface area contributed by atoms with E-state index in [1.54, 1.807) is 30.3 Å². The number of amidine groups is 1. The van der Waals surface area contributed by atoms with E-state index >= 15 is 0 Å². The van der Waals surface area contributed by atoms with E-state index in [4.69, 9.17) is 28.9 Å². The van der Waals surface area contributed by atoms with Crippen molar-refractivity contribution in [2.45, 2.75) is 5.75 Å². The summed E-state index contributed by atoms with van der Waals surface area (Å²) in [5.41, 5.74) is 9.15. The van der Waals surface area contributed by atoms with E-state index in [1.165, 1.54) is 17.8 Å². The summed E-state index contributed by atoms with van der Waals surface area (Å²) in [6.45, 7) is 0. The Bertz CT molecular complexity index is 997. The summed E-state index contributed by atoms with van der Waals surface area (Å²) >= 11 is 13.4. The number of benzene rings is 3. The van der Waals surface area contributed by atoms with Crippen molar-refractivity contribution < 1.29 is 4.39 Å². The van der Waals surface area contributed by atoms with Gasteiger partial charge in [0.25, 0.3) is 0 Å². The number of halogens is 3. The first-order valence-corrected chi connectivity index (χ1v) is 10.2. The molecule has 0 saturated carbocycles. The van der Waals surface area contributed by atoms with Crippen molar-refractivity contribution >= 4 is 58.0 Å². The molecule has 0 aliphatic rings. The van der Waals surface area contributed by atoms with Crippen molar-refractivity contribution in [1.29, 1.82) is 0 Å². The third-order valence-corrected chi connectivity index (χ3v) is 5.29. The van der Waals surface area contributed by atoms with Crippen molar-refractivity contribution in [3.8, 4) is 0 Å². The highest BCUT2D eigenvalue weighted by Crippen LogP contribution is 2.23. The highest BCUT2D eigenvalue weighted by atomic mass is 35.5. The molecular weight excluding hydrogens is 414 g/mol. The zero-order chi connectivity index (χ0) is 19.9. The Morgan fingerprint density at radius 2 is 1.75 bits per heavy atom. The van der Waals surface area contributed by atoms with E-state index in [0.29, 0.717) is 26.5 Å². The average Bonchev–Trinajstić information content (AvgIpc) is 2.67. The Kier molecular flexibility index (Phi) is 7.15. The lowest BCUT2D eigenvalue weighted by molar-refractivity contribution is 0.625. The van der Waals surface area contributed by atoms with Crippen molar-refractivity contribution in [2.24, 2.45) is 10.7 Å². The molecule has 0 bridgehead atoms. The summed E-state index contributed by atoms with van der Waals surface area (Å²) < 4.78 is 13.8. The minimum atomic E-state index is -0.341. The quantitative estimate of drug-likeness (QED) is 0.264. The fourth-order valence-electron chi connectivity index (χ4n) is 2.44. The number of thioether (sulfide) groups is 1. The maximum Gasteiger partial charge on any atom is 0.159 e. The van der Waals surface area contributed by atoms with Gasteiger partial charge in [-0.3, -0.25) is 0 Å². The maximum atomic E-state index is 13.8. The van der Waals surface area contributed by atoms with Crippen LogP contribution in [0.15, 0.2) is 71.7 Å². The largest absolute Gasteiger partial charge is 0.378 e. The van der Waals surface area contributed by atoms with Crippen LogP contribution in [0.5, 0.6) is 0 Å². The molecule has 0 heterocycles. The van der Waals surface area contributed by atoms with Crippen LogP contribution >= 0.6 is 35.0 Å². The van der Waals surface area contributed by atoms with Crippen molar-refractivity contribution in [1.82, 2.24) is 0 Å². The van der Waals surface area contributed by atoms with Gasteiger partial charge in [-0.1, -0.05) is 77.4 Å². The minimum Gasteiger partial charge on any atom is -0.378 e. The first-order valence-electron chi connectivity index (χ1n) is 8.45. The van der Waals surface area contributed by atoms with E-state index in [-0.39, 0.29) is 5.82 Å². The summed E-state index contributed by atoms with van der Waals surface area (Å²) in [5.74, 6) is 0.352. The molecule has 0 unspecified atom stereocenters. The molecule has 0 amide bonds. The van der Waals surface area contributed by atoms with Gasteiger partial charge in [-0.2, -0.15) is 0 Å². The first-order chi connectivity index (χ1) is 13.5. The number of rotatable bonds is 5. The molecular formula is C22H17Cl2FN2S. The highest BCUT2D eigenvalue weighted by Gasteiger charge is 2.03. The predicted octanol–water partition coefficient (Wildman–Crippen LogP) is 7.18. The summed E-state index contributed by atoms with van der Waals surface area (Å²) in [4.78, 5) is 4.35. The molecule has 3 rings (SSSR count). The van der Waals surface area contributed by atoms with Gasteiger partial charge in [-0.15, -0.1) is 0 Å². The lowest BCUT2D eigenvalue weighted by Gasteiger charge is -2.03. The van der Waals surface area contributed by atoms with Crippen LogP contribution in [-0.2, 0) is 5.75 Å². The topological polar surface area (TPSA) is 38.4 Å². The highest BCUT2D eigenvalue weighted by molar-refractivity contribution is 8.13. The molecule has 28 heavy (non-hydrogen) atoms. The van der Waals surface area contributed by atoms with Crippen LogP contribution in [0.3, 0.4) is 0 Å². The Morgan fingerprint density at radius 1 is 1.00 bits per heavy atom. The smallest absolute Gasteiger partial charge is 0.159 e. The molecule has 0 aliphatic heterocycles. The zero-order valence-corrected chi connectivity index (χ0v) is 17.1. The molecule has 6 heteroatoms. The molecule has 0 spiro atoms. The second-order valence-corrected chi connectivity index (χ2v) is 7.77. The molecule has 0 fully saturated rings. The Balaban J connectivity index is 1.61. The van der Waals surface area contributed by atoms with Gasteiger partial charge in [0.1, 0.15) is 5.82 Å². The van der Waals surface area contributed by atoms with E-state index in [2.05, 4.69) is 4.99 Å². The minimum absolute atomic E-state index is 0.341. The van der Waals surface area contributed by atoms with E-state index in [1.807, 2.05) is 42.5 Å². The van der Waals surface area contributed by atoms with Gasteiger partial charge in [-0.05, 0) is 47.5 Å². The number of aliphatic imine (C=N–C) groups is 1. The number of nitrogens with zero attached hydrogens (tertiary/aromatic N) is 1. The second-order valence-electron chi connectivity index (χ2n) is 5.93.